The van der Waals surface area contributed by atoms with Crippen molar-refractivity contribution < 1.29 is 4.84 Å². The maximum Gasteiger partial charge on any atom is 0.129 e. The van der Waals surface area contributed by atoms with Crippen LogP contribution in [0.25, 0.3) is 0 Å². The molecule has 0 N–H and O–H groups in total. The first-order valence-corrected chi connectivity index (χ1v) is 6.52. The molecule has 0 saturated carbocycles. The number of oxime groups is 1. The lowest BCUT2D eigenvalue weighted by Gasteiger charge is -2.26. The molecule has 0 fully saturated rings. The molecule has 0 aliphatic rings. The summed E-state index contributed by atoms with van der Waals surface area (Å²) in [5.74, 6) is 0. The molecule has 0 saturated heterocycles. The maximum absolute atomic E-state index is 5.57. The van der Waals surface area contributed by atoms with Crippen LogP contribution >= 0.6 is 0 Å². The van der Waals surface area contributed by atoms with E-state index in [1.165, 1.54) is 5.71 Å². The van der Waals surface area contributed by atoms with Gasteiger partial charge in [-0.25, -0.2) is 0 Å². The fourth-order valence-corrected chi connectivity index (χ4v) is 1.55. The Labute approximate surface area is 108 Å². The summed E-state index contributed by atoms with van der Waals surface area (Å²) in [5.41, 5.74) is 1.47. The van der Waals surface area contributed by atoms with E-state index in [9.17, 15) is 0 Å². The number of hydrogen-bond donors (Lipinski definition) is 0. The van der Waals surface area contributed by atoms with Gasteiger partial charge >= 0.3 is 0 Å². The van der Waals surface area contributed by atoms with Crippen LogP contribution in [0.4, 0.5) is 0 Å². The Bertz CT molecular complexity index is 240. The van der Waals surface area contributed by atoms with Gasteiger partial charge in [0.15, 0.2) is 0 Å². The van der Waals surface area contributed by atoms with E-state index in [2.05, 4.69) is 46.7 Å². The highest BCUT2D eigenvalue weighted by molar-refractivity contribution is 5.85. The lowest BCUT2D eigenvalue weighted by atomic mass is 9.82. The van der Waals surface area contributed by atoms with Gasteiger partial charge in [-0.2, -0.15) is 0 Å². The molecule has 17 heavy (non-hydrogen) atoms. The summed E-state index contributed by atoms with van der Waals surface area (Å²) in [6, 6.07) is 0. The van der Waals surface area contributed by atoms with Gasteiger partial charge in [0.2, 0.25) is 0 Å². The van der Waals surface area contributed by atoms with Gasteiger partial charge < -0.3 is 4.84 Å². The molecular formula is C15H31NO. The molecule has 0 atom stereocenters. The van der Waals surface area contributed by atoms with Crippen LogP contribution in [0.15, 0.2) is 5.16 Å². The monoisotopic (exact) mass is 241 g/mol. The Morgan fingerprint density at radius 3 is 1.35 bits per heavy atom. The van der Waals surface area contributed by atoms with Gasteiger partial charge in [-0.3, -0.25) is 0 Å². The fraction of sp³-hybridized carbons (Fsp3) is 0.933. The second-order valence-electron chi connectivity index (χ2n) is 8.34. The molecule has 102 valence electrons. The Morgan fingerprint density at radius 1 is 0.765 bits per heavy atom. The first-order chi connectivity index (χ1) is 7.29. The number of rotatable bonds is 3. The molecule has 0 aromatic rings. The quantitative estimate of drug-likeness (QED) is 0.501. The second-order valence-corrected chi connectivity index (χ2v) is 8.34. The molecule has 0 radical (unpaired) electrons. The largest absolute Gasteiger partial charge is 0.390 e. The van der Waals surface area contributed by atoms with Crippen LogP contribution < -0.4 is 0 Å². The first-order valence-electron chi connectivity index (χ1n) is 6.52. The van der Waals surface area contributed by atoms with Crippen molar-refractivity contribution in [1.29, 1.82) is 0 Å². The van der Waals surface area contributed by atoms with E-state index >= 15 is 0 Å². The zero-order chi connectivity index (χ0) is 13.9. The van der Waals surface area contributed by atoms with Crippen molar-refractivity contribution in [2.75, 3.05) is 0 Å². The third-order valence-corrected chi connectivity index (χ3v) is 1.92. The molecule has 0 unspecified atom stereocenters. The van der Waals surface area contributed by atoms with E-state index in [0.29, 0.717) is 0 Å². The van der Waals surface area contributed by atoms with E-state index < -0.39 is 0 Å². The van der Waals surface area contributed by atoms with Crippen molar-refractivity contribution in [2.24, 2.45) is 16.0 Å². The van der Waals surface area contributed by atoms with E-state index in [4.69, 9.17) is 4.84 Å². The van der Waals surface area contributed by atoms with Crippen molar-refractivity contribution >= 4 is 5.71 Å². The Balaban J connectivity index is 4.74. The van der Waals surface area contributed by atoms with Crippen LogP contribution in [-0.4, -0.2) is 11.3 Å². The SMILES string of the molecule is CC(C)(C)CC(CC(C)(C)C)=NOC(C)(C)C. The van der Waals surface area contributed by atoms with E-state index in [1.807, 2.05) is 20.8 Å². The van der Waals surface area contributed by atoms with E-state index in [-0.39, 0.29) is 16.4 Å². The highest BCUT2D eigenvalue weighted by Crippen LogP contribution is 2.27. The fourth-order valence-electron chi connectivity index (χ4n) is 1.55. The van der Waals surface area contributed by atoms with Crippen LogP contribution in [0.3, 0.4) is 0 Å². The second kappa shape index (κ2) is 5.41. The number of nitrogens with zero attached hydrogens (tertiary/aromatic N) is 1. The van der Waals surface area contributed by atoms with Crippen molar-refractivity contribution in [3.05, 3.63) is 0 Å². The molecule has 2 heteroatoms. The molecular weight excluding hydrogens is 210 g/mol. The summed E-state index contributed by atoms with van der Waals surface area (Å²) in [5, 5.41) is 4.38. The third kappa shape index (κ3) is 11.7. The van der Waals surface area contributed by atoms with Gasteiger partial charge in [-0.15, -0.1) is 0 Å². The van der Waals surface area contributed by atoms with Gasteiger partial charge in [-0.1, -0.05) is 46.7 Å². The predicted molar refractivity (Wildman–Crippen MR) is 76.4 cm³/mol. The summed E-state index contributed by atoms with van der Waals surface area (Å²) in [6.45, 7) is 19.5. The average molecular weight is 241 g/mol. The highest BCUT2D eigenvalue weighted by Gasteiger charge is 2.21. The normalized spacial score (nSPS) is 13.5. The zero-order valence-corrected chi connectivity index (χ0v) is 13.3. The van der Waals surface area contributed by atoms with Gasteiger partial charge in [0.05, 0.1) is 5.71 Å². The standard InChI is InChI=1S/C15H31NO/c1-13(2,3)10-12(11-14(4,5)6)16-17-15(7,8)9/h10-11H2,1-9H3. The molecule has 0 bridgehead atoms. The van der Waals surface area contributed by atoms with E-state index in [1.54, 1.807) is 0 Å². The summed E-state index contributed by atoms with van der Waals surface area (Å²) in [7, 11) is 0. The molecule has 0 aromatic heterocycles. The Kier molecular flexibility index (Phi) is 5.24. The molecule has 2 nitrogen and oxygen atoms in total. The minimum atomic E-state index is -0.207. The topological polar surface area (TPSA) is 21.6 Å². The van der Waals surface area contributed by atoms with Crippen LogP contribution in [0.5, 0.6) is 0 Å². The Morgan fingerprint density at radius 2 is 1.12 bits per heavy atom. The molecule has 0 aromatic carbocycles. The van der Waals surface area contributed by atoms with Gasteiger partial charge in [0.25, 0.3) is 0 Å². The van der Waals surface area contributed by atoms with Crippen LogP contribution in [0.2, 0.25) is 0 Å². The van der Waals surface area contributed by atoms with E-state index in [0.717, 1.165) is 12.8 Å². The maximum atomic E-state index is 5.57. The zero-order valence-electron chi connectivity index (χ0n) is 13.3. The summed E-state index contributed by atoms with van der Waals surface area (Å²) in [6.07, 6.45) is 1.97. The number of hydrogen-bond acceptors (Lipinski definition) is 2. The van der Waals surface area contributed by atoms with Crippen molar-refractivity contribution in [3.63, 3.8) is 0 Å². The van der Waals surface area contributed by atoms with Gasteiger partial charge in [0, 0.05) is 0 Å². The van der Waals surface area contributed by atoms with Crippen LogP contribution in [0, 0.1) is 10.8 Å². The smallest absolute Gasteiger partial charge is 0.129 e. The van der Waals surface area contributed by atoms with Crippen molar-refractivity contribution in [2.45, 2.75) is 80.8 Å². The highest BCUT2D eigenvalue weighted by atomic mass is 16.6. The molecule has 0 rings (SSSR count). The molecule has 0 heterocycles. The van der Waals surface area contributed by atoms with Crippen molar-refractivity contribution in [1.82, 2.24) is 0 Å². The third-order valence-electron chi connectivity index (χ3n) is 1.92. The van der Waals surface area contributed by atoms with Crippen LogP contribution in [0.1, 0.15) is 75.2 Å². The first kappa shape index (κ1) is 16.5. The summed E-state index contributed by atoms with van der Waals surface area (Å²) < 4.78 is 0. The summed E-state index contributed by atoms with van der Waals surface area (Å²) in [4.78, 5) is 5.57. The van der Waals surface area contributed by atoms with Gasteiger partial charge in [0.1, 0.15) is 5.60 Å². The summed E-state index contributed by atoms with van der Waals surface area (Å²) >= 11 is 0. The Hall–Kier alpha value is -0.530. The minimum Gasteiger partial charge on any atom is -0.390 e. The van der Waals surface area contributed by atoms with Crippen LogP contribution in [-0.2, 0) is 4.84 Å². The van der Waals surface area contributed by atoms with Crippen molar-refractivity contribution in [3.8, 4) is 0 Å². The molecule has 0 amide bonds. The molecule has 0 aliphatic carbocycles. The molecule has 0 spiro atoms. The lowest BCUT2D eigenvalue weighted by Crippen LogP contribution is -2.22. The molecule has 0 aliphatic heterocycles. The predicted octanol–water partition coefficient (Wildman–Crippen LogP) is 5.03. The van der Waals surface area contributed by atoms with Gasteiger partial charge in [-0.05, 0) is 44.4 Å². The average Bonchev–Trinajstić information content (AvgIpc) is 1.92. The minimum absolute atomic E-state index is 0.207. The lowest BCUT2D eigenvalue weighted by molar-refractivity contribution is -0.000519.